The van der Waals surface area contributed by atoms with Crippen molar-refractivity contribution in [3.05, 3.63) is 0 Å². The molecule has 84 valence electrons. The number of unbranched alkanes of at least 4 members (excludes halogenated alkanes) is 2. The van der Waals surface area contributed by atoms with Gasteiger partial charge in [-0.3, -0.25) is 0 Å². The number of rotatable bonds is 7. The van der Waals surface area contributed by atoms with E-state index in [-0.39, 0.29) is 0 Å². The molecular formula is C11H23NO2. The molecule has 0 aromatic rings. The molecule has 3 nitrogen and oxygen atoms in total. The fraction of sp³-hybridized carbons (Fsp3) is 1.00. The first-order chi connectivity index (χ1) is 6.84. The van der Waals surface area contributed by atoms with Gasteiger partial charge in [0, 0.05) is 19.3 Å². The Balaban J connectivity index is 1.94. The van der Waals surface area contributed by atoms with Crippen LogP contribution in [-0.2, 0) is 4.74 Å². The fourth-order valence-electron chi connectivity index (χ4n) is 1.86. The van der Waals surface area contributed by atoms with Gasteiger partial charge in [0.2, 0.25) is 0 Å². The Kier molecular flexibility index (Phi) is 6.15. The SMILES string of the molecule is CC(NCCCCCO)C1CCOC1. The van der Waals surface area contributed by atoms with Crippen molar-refractivity contribution in [3.8, 4) is 0 Å². The monoisotopic (exact) mass is 201 g/mol. The number of aliphatic hydroxyl groups is 1. The summed E-state index contributed by atoms with van der Waals surface area (Å²) in [5.41, 5.74) is 0. The van der Waals surface area contributed by atoms with E-state index in [1.54, 1.807) is 0 Å². The van der Waals surface area contributed by atoms with Gasteiger partial charge in [-0.05, 0) is 45.1 Å². The molecule has 1 saturated heterocycles. The smallest absolute Gasteiger partial charge is 0.0509 e. The Labute approximate surface area is 86.8 Å². The van der Waals surface area contributed by atoms with Gasteiger partial charge in [-0.25, -0.2) is 0 Å². The molecule has 0 aromatic heterocycles. The Hall–Kier alpha value is -0.120. The summed E-state index contributed by atoms with van der Waals surface area (Å²) in [6.45, 7) is 5.49. The normalized spacial score (nSPS) is 24.0. The Morgan fingerprint density at radius 3 is 2.93 bits per heavy atom. The number of aliphatic hydroxyl groups excluding tert-OH is 1. The highest BCUT2D eigenvalue weighted by molar-refractivity contribution is 4.75. The Morgan fingerprint density at radius 1 is 1.43 bits per heavy atom. The lowest BCUT2D eigenvalue weighted by atomic mass is 10.0. The third-order valence-electron chi connectivity index (χ3n) is 2.97. The van der Waals surface area contributed by atoms with Crippen LogP contribution in [0.5, 0.6) is 0 Å². The summed E-state index contributed by atoms with van der Waals surface area (Å²) in [5.74, 6) is 0.702. The van der Waals surface area contributed by atoms with Crippen LogP contribution in [0, 0.1) is 5.92 Å². The molecule has 2 N–H and O–H groups in total. The second kappa shape index (κ2) is 7.21. The second-order valence-electron chi connectivity index (χ2n) is 4.15. The topological polar surface area (TPSA) is 41.5 Å². The van der Waals surface area contributed by atoms with Crippen molar-refractivity contribution in [2.24, 2.45) is 5.92 Å². The minimum atomic E-state index is 0.325. The maximum atomic E-state index is 8.61. The zero-order valence-corrected chi connectivity index (χ0v) is 9.17. The molecule has 1 heterocycles. The first-order valence-corrected chi connectivity index (χ1v) is 5.76. The van der Waals surface area contributed by atoms with Gasteiger partial charge in [0.25, 0.3) is 0 Å². The van der Waals surface area contributed by atoms with Gasteiger partial charge in [-0.1, -0.05) is 0 Å². The average molecular weight is 201 g/mol. The lowest BCUT2D eigenvalue weighted by molar-refractivity contribution is 0.178. The van der Waals surface area contributed by atoms with E-state index in [1.807, 2.05) is 0 Å². The molecule has 2 unspecified atom stereocenters. The molecule has 1 aliphatic heterocycles. The van der Waals surface area contributed by atoms with Crippen molar-refractivity contribution in [3.63, 3.8) is 0 Å². The Morgan fingerprint density at radius 2 is 2.29 bits per heavy atom. The Bertz CT molecular complexity index is 135. The molecule has 0 aromatic carbocycles. The molecule has 0 bridgehead atoms. The lowest BCUT2D eigenvalue weighted by Gasteiger charge is -2.19. The summed E-state index contributed by atoms with van der Waals surface area (Å²) < 4.78 is 5.35. The van der Waals surface area contributed by atoms with Gasteiger partial charge >= 0.3 is 0 Å². The number of nitrogens with one attached hydrogen (secondary N) is 1. The van der Waals surface area contributed by atoms with Crippen LogP contribution in [-0.4, -0.2) is 37.5 Å². The molecule has 14 heavy (non-hydrogen) atoms. The number of ether oxygens (including phenoxy) is 1. The summed E-state index contributed by atoms with van der Waals surface area (Å²) in [6, 6.07) is 0.576. The van der Waals surface area contributed by atoms with E-state index in [4.69, 9.17) is 9.84 Å². The summed E-state index contributed by atoms with van der Waals surface area (Å²) in [5, 5.41) is 12.1. The number of hydrogen-bond acceptors (Lipinski definition) is 3. The lowest BCUT2D eigenvalue weighted by Crippen LogP contribution is -2.34. The third kappa shape index (κ3) is 4.40. The van der Waals surface area contributed by atoms with Crippen molar-refractivity contribution < 1.29 is 9.84 Å². The van der Waals surface area contributed by atoms with Gasteiger partial charge in [0.15, 0.2) is 0 Å². The molecule has 0 radical (unpaired) electrons. The molecular weight excluding hydrogens is 178 g/mol. The average Bonchev–Trinajstić information content (AvgIpc) is 2.70. The molecule has 0 saturated carbocycles. The largest absolute Gasteiger partial charge is 0.396 e. The highest BCUT2D eigenvalue weighted by Crippen LogP contribution is 2.16. The summed E-state index contributed by atoms with van der Waals surface area (Å²) in [4.78, 5) is 0. The molecule has 0 spiro atoms. The van der Waals surface area contributed by atoms with Crippen molar-refractivity contribution >= 4 is 0 Å². The maximum absolute atomic E-state index is 8.61. The van der Waals surface area contributed by atoms with Crippen LogP contribution in [0.1, 0.15) is 32.6 Å². The highest BCUT2D eigenvalue weighted by atomic mass is 16.5. The molecule has 0 amide bonds. The third-order valence-corrected chi connectivity index (χ3v) is 2.97. The predicted octanol–water partition coefficient (Wildman–Crippen LogP) is 1.16. The zero-order chi connectivity index (χ0) is 10.2. The highest BCUT2D eigenvalue weighted by Gasteiger charge is 2.21. The van der Waals surface area contributed by atoms with E-state index in [9.17, 15) is 0 Å². The molecule has 1 aliphatic rings. The fourth-order valence-corrected chi connectivity index (χ4v) is 1.86. The van der Waals surface area contributed by atoms with Crippen LogP contribution in [0.4, 0.5) is 0 Å². The van der Waals surface area contributed by atoms with E-state index in [0.717, 1.165) is 32.6 Å². The van der Waals surface area contributed by atoms with Crippen LogP contribution in [0.2, 0.25) is 0 Å². The van der Waals surface area contributed by atoms with Crippen LogP contribution < -0.4 is 5.32 Å². The van der Waals surface area contributed by atoms with Crippen molar-refractivity contribution in [2.45, 2.75) is 38.6 Å². The van der Waals surface area contributed by atoms with Gasteiger partial charge in [-0.2, -0.15) is 0 Å². The van der Waals surface area contributed by atoms with Crippen molar-refractivity contribution in [2.75, 3.05) is 26.4 Å². The van der Waals surface area contributed by atoms with Gasteiger partial charge in [-0.15, -0.1) is 0 Å². The molecule has 3 heteroatoms. The zero-order valence-electron chi connectivity index (χ0n) is 9.17. The van der Waals surface area contributed by atoms with Gasteiger partial charge in [0.05, 0.1) is 6.61 Å². The van der Waals surface area contributed by atoms with E-state index in [1.165, 1.54) is 12.8 Å². The molecule has 1 rings (SSSR count). The summed E-state index contributed by atoms with van der Waals surface area (Å²) in [6.07, 6.45) is 4.42. The quantitative estimate of drug-likeness (QED) is 0.607. The molecule has 2 atom stereocenters. The van der Waals surface area contributed by atoms with Crippen LogP contribution in [0.15, 0.2) is 0 Å². The first kappa shape index (κ1) is 12.0. The minimum absolute atomic E-state index is 0.325. The van der Waals surface area contributed by atoms with Gasteiger partial charge < -0.3 is 15.2 Å². The molecule has 0 aliphatic carbocycles. The second-order valence-corrected chi connectivity index (χ2v) is 4.15. The number of hydrogen-bond donors (Lipinski definition) is 2. The van der Waals surface area contributed by atoms with Crippen molar-refractivity contribution in [1.29, 1.82) is 0 Å². The van der Waals surface area contributed by atoms with E-state index in [0.29, 0.717) is 18.6 Å². The van der Waals surface area contributed by atoms with Crippen LogP contribution in [0.25, 0.3) is 0 Å². The summed E-state index contributed by atoms with van der Waals surface area (Å²) in [7, 11) is 0. The predicted molar refractivity (Wildman–Crippen MR) is 57.3 cm³/mol. The van der Waals surface area contributed by atoms with Crippen LogP contribution in [0.3, 0.4) is 0 Å². The maximum Gasteiger partial charge on any atom is 0.0509 e. The first-order valence-electron chi connectivity index (χ1n) is 5.76. The summed E-state index contributed by atoms with van der Waals surface area (Å²) >= 11 is 0. The van der Waals surface area contributed by atoms with Gasteiger partial charge in [0.1, 0.15) is 0 Å². The van der Waals surface area contributed by atoms with E-state index in [2.05, 4.69) is 12.2 Å². The standard InChI is InChI=1S/C11H23NO2/c1-10(11-5-8-14-9-11)12-6-3-2-4-7-13/h10-13H,2-9H2,1H3. The minimum Gasteiger partial charge on any atom is -0.396 e. The molecule has 1 fully saturated rings. The van der Waals surface area contributed by atoms with Crippen LogP contribution >= 0.6 is 0 Å². The van der Waals surface area contributed by atoms with Crippen molar-refractivity contribution in [1.82, 2.24) is 5.32 Å². The van der Waals surface area contributed by atoms with E-state index < -0.39 is 0 Å². The van der Waals surface area contributed by atoms with E-state index >= 15 is 0 Å².